The van der Waals surface area contributed by atoms with E-state index in [4.69, 9.17) is 9.47 Å². The van der Waals surface area contributed by atoms with Gasteiger partial charge in [-0.15, -0.1) is 0 Å². The zero-order chi connectivity index (χ0) is 21.5. The molecule has 7 heteroatoms. The summed E-state index contributed by atoms with van der Waals surface area (Å²) in [5.41, 5.74) is 2.57. The summed E-state index contributed by atoms with van der Waals surface area (Å²) >= 11 is 0. The fourth-order valence-corrected chi connectivity index (χ4v) is 3.40. The molecule has 0 bridgehead atoms. The highest BCUT2D eigenvalue weighted by atomic mass is 16.6. The van der Waals surface area contributed by atoms with Gasteiger partial charge in [0.05, 0.1) is 6.54 Å². The van der Waals surface area contributed by atoms with E-state index < -0.39 is 0 Å². The zero-order valence-corrected chi connectivity index (χ0v) is 17.8. The molecule has 7 nitrogen and oxygen atoms in total. The summed E-state index contributed by atoms with van der Waals surface area (Å²) < 4.78 is 11.0. The first-order valence-corrected chi connectivity index (χ1v) is 10.4. The molecule has 0 spiro atoms. The zero-order valence-electron chi connectivity index (χ0n) is 17.8. The van der Waals surface area contributed by atoms with Gasteiger partial charge in [0.25, 0.3) is 11.8 Å². The van der Waals surface area contributed by atoms with E-state index in [1.807, 2.05) is 31.2 Å². The van der Waals surface area contributed by atoms with Crippen LogP contribution in [0.4, 0.5) is 11.4 Å². The lowest BCUT2D eigenvalue weighted by molar-refractivity contribution is -0.881. The second-order valence-corrected chi connectivity index (χ2v) is 7.65. The third-order valence-electron chi connectivity index (χ3n) is 5.00. The number of fused-ring (bicyclic) bond motifs is 1. The van der Waals surface area contributed by atoms with Crippen LogP contribution in [0.5, 0.6) is 11.5 Å². The molecule has 2 aromatic carbocycles. The number of ether oxygens (including phenoxy) is 2. The number of hydrogen-bond donors (Lipinski definition) is 3. The highest BCUT2D eigenvalue weighted by Crippen LogP contribution is 2.32. The molecule has 0 fully saturated rings. The van der Waals surface area contributed by atoms with Crippen LogP contribution in [0.2, 0.25) is 0 Å². The third-order valence-corrected chi connectivity index (χ3v) is 5.00. The SMILES string of the molecule is CC[NH+](CC(=O)Nc1ccc2c(c1)OCCO2)CC(=O)Nc1ccccc1C(C)C. The number of amides is 2. The molecule has 2 aromatic rings. The molecule has 0 aromatic heterocycles. The molecule has 0 aliphatic carbocycles. The topological polar surface area (TPSA) is 81.1 Å². The van der Waals surface area contributed by atoms with Crippen molar-refractivity contribution in [2.24, 2.45) is 0 Å². The third kappa shape index (κ3) is 5.73. The molecule has 2 amide bonds. The molecule has 3 N–H and O–H groups in total. The van der Waals surface area contributed by atoms with E-state index in [1.165, 1.54) is 0 Å². The van der Waals surface area contributed by atoms with Gasteiger partial charge in [0.1, 0.15) is 13.2 Å². The summed E-state index contributed by atoms with van der Waals surface area (Å²) in [6, 6.07) is 13.1. The van der Waals surface area contributed by atoms with Gasteiger partial charge in [0.2, 0.25) is 0 Å². The van der Waals surface area contributed by atoms with Crippen molar-refractivity contribution in [2.75, 3.05) is 43.5 Å². The number of quaternary nitrogens is 1. The molecule has 0 radical (unpaired) electrons. The minimum atomic E-state index is -0.154. The first-order chi connectivity index (χ1) is 14.5. The Kier molecular flexibility index (Phi) is 7.30. The van der Waals surface area contributed by atoms with Crippen LogP contribution in [-0.4, -0.2) is 44.7 Å². The molecule has 0 saturated carbocycles. The van der Waals surface area contributed by atoms with Crippen LogP contribution in [0.1, 0.15) is 32.3 Å². The van der Waals surface area contributed by atoms with Crippen molar-refractivity contribution in [3.8, 4) is 11.5 Å². The predicted molar refractivity (Wildman–Crippen MR) is 116 cm³/mol. The lowest BCUT2D eigenvalue weighted by Gasteiger charge is -2.20. The number of carbonyl (C=O) groups excluding carboxylic acids is 2. The average molecular weight is 413 g/mol. The van der Waals surface area contributed by atoms with Crippen LogP contribution in [0.3, 0.4) is 0 Å². The van der Waals surface area contributed by atoms with Gasteiger partial charge in [-0.05, 0) is 36.6 Å². The quantitative estimate of drug-likeness (QED) is 0.620. The van der Waals surface area contributed by atoms with Crippen LogP contribution in [-0.2, 0) is 9.59 Å². The Labute approximate surface area is 177 Å². The lowest BCUT2D eigenvalue weighted by Crippen LogP contribution is -3.13. The van der Waals surface area contributed by atoms with Crippen LogP contribution < -0.4 is 25.0 Å². The summed E-state index contributed by atoms with van der Waals surface area (Å²) in [4.78, 5) is 25.9. The molecule has 30 heavy (non-hydrogen) atoms. The standard InChI is InChI=1S/C23H29N3O4/c1-4-26(15-23(28)25-19-8-6-5-7-18(19)16(2)3)14-22(27)24-17-9-10-20-21(13-17)30-12-11-29-20/h5-10,13,16H,4,11-12,14-15H2,1-3H3,(H,24,27)(H,25,28)/p+1. The molecule has 1 aliphatic rings. The smallest absolute Gasteiger partial charge is 0.279 e. The number of hydrogen-bond acceptors (Lipinski definition) is 4. The van der Waals surface area contributed by atoms with Crippen LogP contribution >= 0.6 is 0 Å². The van der Waals surface area contributed by atoms with Gasteiger partial charge >= 0.3 is 0 Å². The van der Waals surface area contributed by atoms with Crippen molar-refractivity contribution in [1.29, 1.82) is 0 Å². The molecular formula is C23H30N3O4+. The van der Waals surface area contributed by atoms with Crippen LogP contribution in [0.15, 0.2) is 42.5 Å². The van der Waals surface area contributed by atoms with E-state index >= 15 is 0 Å². The van der Waals surface area contributed by atoms with E-state index in [9.17, 15) is 9.59 Å². The predicted octanol–water partition coefficient (Wildman–Crippen LogP) is 2.06. The minimum Gasteiger partial charge on any atom is -0.486 e. The fraction of sp³-hybridized carbons (Fsp3) is 0.391. The van der Waals surface area contributed by atoms with E-state index in [1.54, 1.807) is 18.2 Å². The van der Waals surface area contributed by atoms with Crippen molar-refractivity contribution in [1.82, 2.24) is 0 Å². The molecule has 1 atom stereocenters. The van der Waals surface area contributed by atoms with E-state index in [2.05, 4.69) is 24.5 Å². The largest absolute Gasteiger partial charge is 0.486 e. The van der Waals surface area contributed by atoms with Gasteiger partial charge < -0.3 is 25.0 Å². The van der Waals surface area contributed by atoms with Crippen molar-refractivity contribution < 1.29 is 24.0 Å². The second-order valence-electron chi connectivity index (χ2n) is 7.65. The Bertz CT molecular complexity index is 898. The van der Waals surface area contributed by atoms with E-state index in [0.29, 0.717) is 42.9 Å². The Morgan fingerprint density at radius 3 is 2.33 bits per heavy atom. The highest BCUT2D eigenvalue weighted by molar-refractivity contribution is 5.93. The molecule has 1 heterocycles. The summed E-state index contributed by atoms with van der Waals surface area (Å²) in [5.74, 6) is 1.36. The maximum atomic E-state index is 12.6. The maximum absolute atomic E-state index is 12.6. The maximum Gasteiger partial charge on any atom is 0.279 e. The number of rotatable bonds is 8. The molecule has 1 aliphatic heterocycles. The Balaban J connectivity index is 1.55. The number of nitrogens with one attached hydrogen (secondary N) is 3. The fourth-order valence-electron chi connectivity index (χ4n) is 3.40. The molecular weight excluding hydrogens is 382 g/mol. The number of benzene rings is 2. The van der Waals surface area contributed by atoms with Gasteiger partial charge in [-0.2, -0.15) is 0 Å². The molecule has 3 rings (SSSR count). The molecule has 1 unspecified atom stereocenters. The Morgan fingerprint density at radius 1 is 0.967 bits per heavy atom. The van der Waals surface area contributed by atoms with Gasteiger partial charge in [-0.1, -0.05) is 32.0 Å². The Morgan fingerprint density at radius 2 is 1.63 bits per heavy atom. The number of para-hydroxylation sites is 1. The first kappa shape index (κ1) is 21.6. The second kappa shape index (κ2) is 10.1. The molecule has 160 valence electrons. The van der Waals surface area contributed by atoms with Crippen molar-refractivity contribution in [3.05, 3.63) is 48.0 Å². The van der Waals surface area contributed by atoms with E-state index in [0.717, 1.165) is 16.2 Å². The van der Waals surface area contributed by atoms with E-state index in [-0.39, 0.29) is 24.9 Å². The number of anilines is 2. The molecule has 0 saturated heterocycles. The van der Waals surface area contributed by atoms with Crippen molar-refractivity contribution in [2.45, 2.75) is 26.7 Å². The van der Waals surface area contributed by atoms with Gasteiger partial charge in [-0.25, -0.2) is 0 Å². The summed E-state index contributed by atoms with van der Waals surface area (Å²) in [7, 11) is 0. The van der Waals surface area contributed by atoms with Crippen molar-refractivity contribution in [3.63, 3.8) is 0 Å². The lowest BCUT2D eigenvalue weighted by atomic mass is 10.0. The minimum absolute atomic E-state index is 0.105. The normalized spacial score (nSPS) is 13.6. The Hall–Kier alpha value is -3.06. The van der Waals surface area contributed by atoms with Gasteiger partial charge in [0, 0.05) is 17.4 Å². The van der Waals surface area contributed by atoms with Crippen LogP contribution in [0.25, 0.3) is 0 Å². The van der Waals surface area contributed by atoms with Crippen molar-refractivity contribution >= 4 is 23.2 Å². The summed E-state index contributed by atoms with van der Waals surface area (Å²) in [6.45, 7) is 8.25. The van der Waals surface area contributed by atoms with Gasteiger partial charge in [0.15, 0.2) is 24.6 Å². The first-order valence-electron chi connectivity index (χ1n) is 10.4. The summed E-state index contributed by atoms with van der Waals surface area (Å²) in [5, 5.41) is 5.87. The monoisotopic (exact) mass is 412 g/mol. The average Bonchev–Trinajstić information content (AvgIpc) is 2.73. The number of carbonyl (C=O) groups is 2. The summed E-state index contributed by atoms with van der Waals surface area (Å²) in [6.07, 6.45) is 0. The van der Waals surface area contributed by atoms with Crippen LogP contribution in [0, 0.1) is 0 Å². The number of likely N-dealkylation sites (N-methyl/N-ethyl adjacent to an activating group) is 1. The highest BCUT2D eigenvalue weighted by Gasteiger charge is 2.19. The van der Waals surface area contributed by atoms with Gasteiger partial charge in [-0.3, -0.25) is 9.59 Å².